The molecule has 34 heavy (non-hydrogen) atoms. The van der Waals surface area contributed by atoms with Gasteiger partial charge in [0.25, 0.3) is 0 Å². The van der Waals surface area contributed by atoms with Crippen LogP contribution in [0, 0.1) is 5.82 Å². The highest BCUT2D eigenvalue weighted by atomic mass is 19.1. The number of nitrogens with one attached hydrogen (secondary N) is 4. The lowest BCUT2D eigenvalue weighted by molar-refractivity contribution is 0.0258. The Bertz CT molecular complexity index is 1090. The lowest BCUT2D eigenvalue weighted by Gasteiger charge is -2.23. The number of hydrogen-bond donors (Lipinski definition) is 5. The fourth-order valence-corrected chi connectivity index (χ4v) is 3.54. The van der Waals surface area contributed by atoms with Gasteiger partial charge in [-0.15, -0.1) is 0 Å². The summed E-state index contributed by atoms with van der Waals surface area (Å²) in [6, 6.07) is 11.0. The number of benzene rings is 2. The molecule has 1 atom stereocenters. The predicted octanol–water partition coefficient (Wildman–Crippen LogP) is 3.18. The van der Waals surface area contributed by atoms with Crippen LogP contribution in [0.5, 0.6) is 0 Å². The van der Waals surface area contributed by atoms with Crippen molar-refractivity contribution >= 4 is 23.4 Å². The molecule has 1 unspecified atom stereocenters. The van der Waals surface area contributed by atoms with Crippen molar-refractivity contribution in [3.63, 3.8) is 0 Å². The normalized spacial score (nSPS) is 15.5. The summed E-state index contributed by atoms with van der Waals surface area (Å²) in [6.45, 7) is 3.51. The molecule has 0 radical (unpaired) electrons. The SMILES string of the molecule is NCc1ccc(F)c(NC(=O)Nc2ccc(-c3cnc(NCCC4CNCCO4)nc3)cc2)c1. The summed E-state index contributed by atoms with van der Waals surface area (Å²) in [6.07, 6.45) is 4.59. The van der Waals surface area contributed by atoms with Gasteiger partial charge < -0.3 is 31.7 Å². The van der Waals surface area contributed by atoms with Gasteiger partial charge in [-0.25, -0.2) is 19.2 Å². The van der Waals surface area contributed by atoms with E-state index in [4.69, 9.17) is 10.5 Å². The van der Waals surface area contributed by atoms with Crippen molar-refractivity contribution in [1.29, 1.82) is 0 Å². The molecule has 1 aliphatic heterocycles. The highest BCUT2D eigenvalue weighted by molar-refractivity contribution is 6.00. The Balaban J connectivity index is 1.28. The summed E-state index contributed by atoms with van der Waals surface area (Å²) >= 11 is 0. The molecule has 0 saturated carbocycles. The average Bonchev–Trinajstić information content (AvgIpc) is 2.87. The fourth-order valence-electron chi connectivity index (χ4n) is 3.54. The fraction of sp³-hybridized carbons (Fsp3) is 0.292. The number of urea groups is 1. The number of carbonyl (C=O) groups excluding carboxylic acids is 1. The van der Waals surface area contributed by atoms with Crippen LogP contribution in [0.25, 0.3) is 11.1 Å². The summed E-state index contributed by atoms with van der Waals surface area (Å²) < 4.78 is 19.6. The number of halogens is 1. The maximum absolute atomic E-state index is 13.9. The molecule has 0 aliphatic carbocycles. The van der Waals surface area contributed by atoms with Crippen LogP contribution < -0.4 is 27.0 Å². The Morgan fingerprint density at radius 1 is 1.12 bits per heavy atom. The van der Waals surface area contributed by atoms with Crippen LogP contribution in [0.15, 0.2) is 54.9 Å². The number of ether oxygens (including phenoxy) is 1. The van der Waals surface area contributed by atoms with E-state index in [0.717, 1.165) is 49.4 Å². The third kappa shape index (κ3) is 6.47. The topological polar surface area (TPSA) is 126 Å². The van der Waals surface area contributed by atoms with Gasteiger partial charge >= 0.3 is 6.03 Å². The van der Waals surface area contributed by atoms with Gasteiger partial charge in [0, 0.05) is 49.8 Å². The molecule has 2 amide bonds. The molecule has 4 rings (SSSR count). The molecular formula is C24H28FN7O2. The molecule has 2 aromatic carbocycles. The molecule has 2 heterocycles. The van der Waals surface area contributed by atoms with Crippen LogP contribution in [0.4, 0.5) is 26.5 Å². The van der Waals surface area contributed by atoms with Crippen LogP contribution >= 0.6 is 0 Å². The van der Waals surface area contributed by atoms with E-state index in [0.29, 0.717) is 11.6 Å². The van der Waals surface area contributed by atoms with E-state index in [1.807, 2.05) is 12.1 Å². The number of rotatable bonds is 8. The van der Waals surface area contributed by atoms with Crippen molar-refractivity contribution in [3.8, 4) is 11.1 Å². The molecule has 6 N–H and O–H groups in total. The van der Waals surface area contributed by atoms with Gasteiger partial charge in [0.15, 0.2) is 0 Å². The second kappa shape index (κ2) is 11.5. The van der Waals surface area contributed by atoms with Gasteiger partial charge in [-0.2, -0.15) is 0 Å². The summed E-state index contributed by atoms with van der Waals surface area (Å²) in [7, 11) is 0. The highest BCUT2D eigenvalue weighted by Crippen LogP contribution is 2.21. The smallest absolute Gasteiger partial charge is 0.323 e. The first kappa shape index (κ1) is 23.6. The standard InChI is InChI=1S/C24H28FN7O2/c25-21-6-1-16(12-26)11-22(21)32-24(33)31-19-4-2-17(3-5-19)18-13-29-23(30-14-18)28-8-7-20-15-27-9-10-34-20/h1-6,11,13-14,20,27H,7-10,12,15,26H2,(H,28,29,30)(H2,31,32,33). The second-order valence-corrected chi connectivity index (χ2v) is 7.88. The molecule has 1 aliphatic rings. The van der Waals surface area contributed by atoms with Gasteiger partial charge in [0.2, 0.25) is 5.95 Å². The Hall–Kier alpha value is -3.60. The van der Waals surface area contributed by atoms with Crippen molar-refractivity contribution in [3.05, 3.63) is 66.2 Å². The van der Waals surface area contributed by atoms with E-state index >= 15 is 0 Å². The van der Waals surface area contributed by atoms with E-state index in [1.54, 1.807) is 30.6 Å². The average molecular weight is 466 g/mol. The summed E-state index contributed by atoms with van der Waals surface area (Å²) in [5.41, 5.74) is 8.69. The summed E-state index contributed by atoms with van der Waals surface area (Å²) in [5, 5.41) is 11.7. The van der Waals surface area contributed by atoms with E-state index in [-0.39, 0.29) is 18.3 Å². The van der Waals surface area contributed by atoms with Crippen LogP contribution in [0.3, 0.4) is 0 Å². The minimum Gasteiger partial charge on any atom is -0.376 e. The molecule has 10 heteroatoms. The molecule has 3 aromatic rings. The van der Waals surface area contributed by atoms with Gasteiger partial charge in [-0.3, -0.25) is 0 Å². The first-order valence-corrected chi connectivity index (χ1v) is 11.2. The molecule has 178 valence electrons. The Morgan fingerprint density at radius 3 is 2.62 bits per heavy atom. The van der Waals surface area contributed by atoms with Gasteiger partial charge in [0.1, 0.15) is 5.82 Å². The van der Waals surface area contributed by atoms with Crippen LogP contribution in [0.1, 0.15) is 12.0 Å². The Morgan fingerprint density at radius 2 is 1.91 bits per heavy atom. The molecule has 1 aromatic heterocycles. The highest BCUT2D eigenvalue weighted by Gasteiger charge is 2.13. The number of aromatic nitrogens is 2. The first-order chi connectivity index (χ1) is 16.6. The zero-order valence-corrected chi connectivity index (χ0v) is 18.7. The molecule has 1 fully saturated rings. The largest absolute Gasteiger partial charge is 0.376 e. The van der Waals surface area contributed by atoms with Crippen molar-refractivity contribution in [2.24, 2.45) is 5.73 Å². The van der Waals surface area contributed by atoms with E-state index in [2.05, 4.69) is 31.2 Å². The third-order valence-electron chi connectivity index (χ3n) is 5.40. The van der Waals surface area contributed by atoms with Crippen molar-refractivity contribution < 1.29 is 13.9 Å². The molecule has 1 saturated heterocycles. The molecule has 9 nitrogen and oxygen atoms in total. The molecular weight excluding hydrogens is 437 g/mol. The zero-order valence-electron chi connectivity index (χ0n) is 18.7. The summed E-state index contributed by atoms with van der Waals surface area (Å²) in [5.74, 6) is 0.0355. The van der Waals surface area contributed by atoms with E-state index < -0.39 is 11.8 Å². The lowest BCUT2D eigenvalue weighted by atomic mass is 10.1. The van der Waals surface area contributed by atoms with Crippen LogP contribution in [-0.2, 0) is 11.3 Å². The van der Waals surface area contributed by atoms with Gasteiger partial charge in [-0.1, -0.05) is 18.2 Å². The third-order valence-corrected chi connectivity index (χ3v) is 5.40. The number of nitrogens with zero attached hydrogens (tertiary/aromatic N) is 2. The minimum atomic E-state index is -0.547. The Kier molecular flexibility index (Phi) is 7.97. The van der Waals surface area contributed by atoms with Crippen LogP contribution in [-0.4, -0.2) is 48.3 Å². The first-order valence-electron chi connectivity index (χ1n) is 11.2. The van der Waals surface area contributed by atoms with Gasteiger partial charge in [-0.05, 0) is 41.8 Å². The lowest BCUT2D eigenvalue weighted by Crippen LogP contribution is -2.39. The van der Waals surface area contributed by atoms with E-state index in [1.165, 1.54) is 12.1 Å². The Labute approximate surface area is 197 Å². The maximum atomic E-state index is 13.9. The predicted molar refractivity (Wildman–Crippen MR) is 130 cm³/mol. The number of anilines is 3. The zero-order chi connectivity index (χ0) is 23.8. The van der Waals surface area contributed by atoms with Crippen molar-refractivity contribution in [2.75, 3.05) is 42.2 Å². The maximum Gasteiger partial charge on any atom is 0.323 e. The van der Waals surface area contributed by atoms with Crippen LogP contribution in [0.2, 0.25) is 0 Å². The molecule has 0 bridgehead atoms. The second-order valence-electron chi connectivity index (χ2n) is 7.88. The van der Waals surface area contributed by atoms with Crippen molar-refractivity contribution in [2.45, 2.75) is 19.1 Å². The number of hydrogen-bond acceptors (Lipinski definition) is 7. The quantitative estimate of drug-likeness (QED) is 0.346. The number of carbonyl (C=O) groups is 1. The van der Waals surface area contributed by atoms with Crippen molar-refractivity contribution in [1.82, 2.24) is 15.3 Å². The minimum absolute atomic E-state index is 0.0749. The number of amides is 2. The monoisotopic (exact) mass is 465 g/mol. The number of morpholine rings is 1. The summed E-state index contributed by atoms with van der Waals surface area (Å²) in [4.78, 5) is 21.0. The molecule has 0 spiro atoms. The van der Waals surface area contributed by atoms with E-state index in [9.17, 15) is 9.18 Å². The van der Waals surface area contributed by atoms with Gasteiger partial charge in [0.05, 0.1) is 18.4 Å². The number of nitrogens with two attached hydrogens (primary N) is 1.